The number of carbonyl (C=O) groups excluding carboxylic acids is 1. The minimum Gasteiger partial charge on any atom is -0.465 e. The zero-order valence-electron chi connectivity index (χ0n) is 8.92. The summed E-state index contributed by atoms with van der Waals surface area (Å²) in [6.07, 6.45) is 4.78. The molecule has 0 unspecified atom stereocenters. The predicted octanol–water partition coefficient (Wildman–Crippen LogP) is 1.40. The first-order chi connectivity index (χ1) is 8.13. The first kappa shape index (κ1) is 11.6. The molecular weight excluding hydrogens is 288 g/mol. The van der Waals surface area contributed by atoms with Crippen LogP contribution >= 0.6 is 15.9 Å². The lowest BCUT2D eigenvalue weighted by Crippen LogP contribution is -2.10. The van der Waals surface area contributed by atoms with Crippen LogP contribution in [0.15, 0.2) is 29.1 Å². The molecule has 6 nitrogen and oxygen atoms in total. The SMILES string of the molecule is COC(=O)c1ccnc(-n2cc(Br)cn2)c1N. The number of methoxy groups -OCH3 is 1. The van der Waals surface area contributed by atoms with E-state index >= 15 is 0 Å². The van der Waals surface area contributed by atoms with Crippen LogP contribution in [0.5, 0.6) is 0 Å². The van der Waals surface area contributed by atoms with Gasteiger partial charge in [-0.3, -0.25) is 0 Å². The largest absolute Gasteiger partial charge is 0.465 e. The fraction of sp³-hybridized carbons (Fsp3) is 0.100. The quantitative estimate of drug-likeness (QED) is 0.847. The molecule has 88 valence electrons. The third kappa shape index (κ3) is 2.14. The molecule has 0 aliphatic heterocycles. The Balaban J connectivity index is 2.53. The molecule has 0 aliphatic rings. The van der Waals surface area contributed by atoms with Crippen LogP contribution in [0.3, 0.4) is 0 Å². The first-order valence-electron chi connectivity index (χ1n) is 4.67. The van der Waals surface area contributed by atoms with Crippen molar-refractivity contribution >= 4 is 27.6 Å². The maximum atomic E-state index is 11.5. The molecule has 0 amide bonds. The van der Waals surface area contributed by atoms with Gasteiger partial charge in [0.15, 0.2) is 5.82 Å². The number of nitrogen functional groups attached to an aromatic ring is 1. The van der Waals surface area contributed by atoms with E-state index in [0.717, 1.165) is 4.47 Å². The Hall–Kier alpha value is -1.89. The number of anilines is 1. The zero-order chi connectivity index (χ0) is 12.4. The van der Waals surface area contributed by atoms with Crippen molar-refractivity contribution in [1.29, 1.82) is 0 Å². The minimum atomic E-state index is -0.502. The van der Waals surface area contributed by atoms with Gasteiger partial charge in [-0.15, -0.1) is 0 Å². The van der Waals surface area contributed by atoms with Crippen molar-refractivity contribution in [2.45, 2.75) is 0 Å². The van der Waals surface area contributed by atoms with Gasteiger partial charge in [-0.25, -0.2) is 14.5 Å². The van der Waals surface area contributed by atoms with E-state index in [4.69, 9.17) is 5.73 Å². The second kappa shape index (κ2) is 4.54. The number of ether oxygens (including phenoxy) is 1. The molecule has 0 saturated carbocycles. The Morgan fingerprint density at radius 3 is 2.94 bits per heavy atom. The van der Waals surface area contributed by atoms with E-state index in [-0.39, 0.29) is 11.3 Å². The number of nitrogens with two attached hydrogens (primary N) is 1. The van der Waals surface area contributed by atoms with E-state index in [1.807, 2.05) is 0 Å². The third-order valence-electron chi connectivity index (χ3n) is 2.14. The van der Waals surface area contributed by atoms with E-state index in [1.54, 1.807) is 12.4 Å². The monoisotopic (exact) mass is 296 g/mol. The summed E-state index contributed by atoms with van der Waals surface area (Å²) in [6.45, 7) is 0. The molecule has 0 fully saturated rings. The molecule has 0 bridgehead atoms. The number of hydrogen-bond acceptors (Lipinski definition) is 5. The summed E-state index contributed by atoms with van der Waals surface area (Å²) in [5, 5.41) is 4.05. The zero-order valence-corrected chi connectivity index (χ0v) is 10.5. The van der Waals surface area contributed by atoms with E-state index < -0.39 is 5.97 Å². The molecule has 2 rings (SSSR count). The number of pyridine rings is 1. The van der Waals surface area contributed by atoms with Crippen LogP contribution in [0, 0.1) is 0 Å². The van der Waals surface area contributed by atoms with Crippen molar-refractivity contribution in [3.63, 3.8) is 0 Å². The van der Waals surface area contributed by atoms with Crippen molar-refractivity contribution < 1.29 is 9.53 Å². The van der Waals surface area contributed by atoms with Gasteiger partial charge in [-0.1, -0.05) is 0 Å². The highest BCUT2D eigenvalue weighted by atomic mass is 79.9. The van der Waals surface area contributed by atoms with Crippen LogP contribution in [-0.4, -0.2) is 27.8 Å². The summed E-state index contributed by atoms with van der Waals surface area (Å²) < 4.78 is 6.90. The highest BCUT2D eigenvalue weighted by molar-refractivity contribution is 9.10. The summed E-state index contributed by atoms with van der Waals surface area (Å²) in [5.74, 6) is -0.115. The van der Waals surface area contributed by atoms with Crippen molar-refractivity contribution in [1.82, 2.24) is 14.8 Å². The summed E-state index contributed by atoms with van der Waals surface area (Å²) in [6, 6.07) is 1.50. The van der Waals surface area contributed by atoms with Crippen molar-refractivity contribution in [2.75, 3.05) is 12.8 Å². The minimum absolute atomic E-state index is 0.231. The number of aromatic nitrogens is 3. The first-order valence-corrected chi connectivity index (χ1v) is 5.46. The van der Waals surface area contributed by atoms with E-state index in [1.165, 1.54) is 24.1 Å². The second-order valence-electron chi connectivity index (χ2n) is 3.19. The fourth-order valence-corrected chi connectivity index (χ4v) is 1.63. The molecule has 2 heterocycles. The van der Waals surface area contributed by atoms with E-state index in [2.05, 4.69) is 30.7 Å². The molecule has 0 saturated heterocycles. The number of hydrogen-bond donors (Lipinski definition) is 1. The predicted molar refractivity (Wildman–Crippen MR) is 64.8 cm³/mol. The standard InChI is InChI=1S/C10H9BrN4O2/c1-17-10(16)7-2-3-13-9(8(7)12)15-5-6(11)4-14-15/h2-5H,12H2,1H3. The maximum Gasteiger partial charge on any atom is 0.340 e. The smallest absolute Gasteiger partial charge is 0.340 e. The van der Waals surface area contributed by atoms with Gasteiger partial charge >= 0.3 is 5.97 Å². The molecule has 0 aliphatic carbocycles. The maximum absolute atomic E-state index is 11.5. The number of halogens is 1. The van der Waals surface area contributed by atoms with Gasteiger partial charge in [0, 0.05) is 12.4 Å². The molecule has 0 radical (unpaired) electrons. The Morgan fingerprint density at radius 1 is 1.59 bits per heavy atom. The van der Waals surface area contributed by atoms with Gasteiger partial charge < -0.3 is 10.5 Å². The van der Waals surface area contributed by atoms with Crippen molar-refractivity contribution in [3.05, 3.63) is 34.7 Å². The number of rotatable bonds is 2. The van der Waals surface area contributed by atoms with Crippen LogP contribution in [0.4, 0.5) is 5.69 Å². The van der Waals surface area contributed by atoms with Gasteiger partial charge in [0.25, 0.3) is 0 Å². The van der Waals surface area contributed by atoms with E-state index in [0.29, 0.717) is 5.82 Å². The fourth-order valence-electron chi connectivity index (χ4n) is 1.35. The van der Waals surface area contributed by atoms with Gasteiger partial charge in [0.2, 0.25) is 0 Å². The molecule has 0 spiro atoms. The molecule has 0 atom stereocenters. The highest BCUT2D eigenvalue weighted by Crippen LogP contribution is 2.20. The Bertz CT molecular complexity index is 567. The van der Waals surface area contributed by atoms with Crippen LogP contribution in [0.25, 0.3) is 5.82 Å². The lowest BCUT2D eigenvalue weighted by atomic mass is 10.2. The van der Waals surface area contributed by atoms with Gasteiger partial charge in [-0.05, 0) is 22.0 Å². The summed E-state index contributed by atoms with van der Waals surface area (Å²) in [4.78, 5) is 15.5. The average molecular weight is 297 g/mol. The van der Waals surface area contributed by atoms with Gasteiger partial charge in [-0.2, -0.15) is 5.10 Å². The second-order valence-corrected chi connectivity index (χ2v) is 4.11. The molecule has 2 N–H and O–H groups in total. The van der Waals surface area contributed by atoms with Crippen LogP contribution in [-0.2, 0) is 4.74 Å². The van der Waals surface area contributed by atoms with Crippen molar-refractivity contribution in [2.24, 2.45) is 0 Å². The normalized spacial score (nSPS) is 10.2. The Labute approximate surface area is 106 Å². The van der Waals surface area contributed by atoms with Gasteiger partial charge in [0.1, 0.15) is 0 Å². The molecule has 2 aromatic heterocycles. The molecule has 17 heavy (non-hydrogen) atoms. The summed E-state index contributed by atoms with van der Waals surface area (Å²) in [7, 11) is 1.30. The topological polar surface area (TPSA) is 83.0 Å². The van der Waals surface area contributed by atoms with Crippen molar-refractivity contribution in [3.8, 4) is 5.82 Å². The lowest BCUT2D eigenvalue weighted by Gasteiger charge is -2.07. The number of carbonyl (C=O) groups is 1. The Kier molecular flexibility index (Phi) is 3.10. The highest BCUT2D eigenvalue weighted by Gasteiger charge is 2.15. The summed E-state index contributed by atoms with van der Waals surface area (Å²) >= 11 is 3.27. The molecule has 0 aromatic carbocycles. The average Bonchev–Trinajstić information content (AvgIpc) is 2.75. The van der Waals surface area contributed by atoms with Crippen LogP contribution < -0.4 is 5.73 Å². The number of esters is 1. The lowest BCUT2D eigenvalue weighted by molar-refractivity contribution is 0.0602. The Morgan fingerprint density at radius 2 is 2.35 bits per heavy atom. The molecular formula is C10H9BrN4O2. The van der Waals surface area contributed by atoms with Crippen LogP contribution in [0.2, 0.25) is 0 Å². The van der Waals surface area contributed by atoms with Gasteiger partial charge in [0.05, 0.1) is 29.0 Å². The molecule has 7 heteroatoms. The molecule has 2 aromatic rings. The third-order valence-corrected chi connectivity index (χ3v) is 2.55. The number of nitrogens with zero attached hydrogens (tertiary/aromatic N) is 3. The summed E-state index contributed by atoms with van der Waals surface area (Å²) in [5.41, 5.74) is 6.36. The van der Waals surface area contributed by atoms with E-state index in [9.17, 15) is 4.79 Å². The van der Waals surface area contributed by atoms with Crippen LogP contribution in [0.1, 0.15) is 10.4 Å².